The van der Waals surface area contributed by atoms with E-state index in [2.05, 4.69) is 10.6 Å². The molecule has 4 nitrogen and oxygen atoms in total. The molecule has 4 heteroatoms. The van der Waals surface area contributed by atoms with Crippen molar-refractivity contribution in [1.82, 2.24) is 10.6 Å². The van der Waals surface area contributed by atoms with Crippen LogP contribution in [0.25, 0.3) is 0 Å². The van der Waals surface area contributed by atoms with Gasteiger partial charge >= 0.3 is 0 Å². The van der Waals surface area contributed by atoms with Crippen LogP contribution in [-0.2, 0) is 17.6 Å². The molecule has 23 heavy (non-hydrogen) atoms. The fourth-order valence-electron chi connectivity index (χ4n) is 2.95. The monoisotopic (exact) mass is 310 g/mol. The summed E-state index contributed by atoms with van der Waals surface area (Å²) >= 11 is 0. The second kappa shape index (κ2) is 7.40. The molecule has 1 aliphatic rings. The molecule has 1 fully saturated rings. The number of hydrogen-bond acceptors (Lipinski definition) is 3. The molecule has 2 aromatic rings. The minimum Gasteiger partial charge on any atom is -0.390 e. The van der Waals surface area contributed by atoms with Gasteiger partial charge in [-0.2, -0.15) is 0 Å². The third kappa shape index (κ3) is 4.18. The van der Waals surface area contributed by atoms with Gasteiger partial charge in [-0.25, -0.2) is 0 Å². The fraction of sp³-hybridized carbons (Fsp3) is 0.316. The lowest BCUT2D eigenvalue weighted by Crippen LogP contribution is -2.46. The predicted molar refractivity (Wildman–Crippen MR) is 90.0 cm³/mol. The van der Waals surface area contributed by atoms with Crippen LogP contribution in [0, 0.1) is 0 Å². The summed E-state index contributed by atoms with van der Waals surface area (Å²) in [6, 6.07) is 19.3. The molecule has 2 aromatic carbocycles. The Morgan fingerprint density at radius 3 is 2.09 bits per heavy atom. The van der Waals surface area contributed by atoms with E-state index >= 15 is 0 Å². The average Bonchev–Trinajstić information content (AvgIpc) is 2.71. The van der Waals surface area contributed by atoms with Crippen LogP contribution in [-0.4, -0.2) is 35.7 Å². The van der Waals surface area contributed by atoms with Crippen LogP contribution >= 0.6 is 0 Å². The normalized spacial score (nSPS) is 24.7. The first-order chi connectivity index (χ1) is 11.2. The maximum atomic E-state index is 12.5. The van der Waals surface area contributed by atoms with Crippen molar-refractivity contribution in [3.05, 3.63) is 71.8 Å². The highest BCUT2D eigenvalue weighted by Gasteiger charge is 2.30. The zero-order chi connectivity index (χ0) is 16.1. The van der Waals surface area contributed by atoms with E-state index in [4.69, 9.17) is 0 Å². The Hall–Kier alpha value is -2.17. The van der Waals surface area contributed by atoms with E-state index in [9.17, 15) is 9.90 Å². The highest BCUT2D eigenvalue weighted by atomic mass is 16.3. The first kappa shape index (κ1) is 15.7. The van der Waals surface area contributed by atoms with E-state index in [1.54, 1.807) is 0 Å². The van der Waals surface area contributed by atoms with Crippen LogP contribution in [0.15, 0.2) is 60.7 Å². The molecule has 1 heterocycles. The molecular weight excluding hydrogens is 288 g/mol. The maximum Gasteiger partial charge on any atom is 0.237 e. The number of benzene rings is 2. The molecule has 1 amide bonds. The number of aliphatic hydroxyl groups excluding tert-OH is 1. The highest BCUT2D eigenvalue weighted by Crippen LogP contribution is 2.11. The molecule has 3 N–H and O–H groups in total. The number of nitrogens with one attached hydrogen (secondary N) is 2. The summed E-state index contributed by atoms with van der Waals surface area (Å²) < 4.78 is 0. The number of hydrogen-bond donors (Lipinski definition) is 3. The fourth-order valence-corrected chi connectivity index (χ4v) is 2.95. The topological polar surface area (TPSA) is 61.4 Å². The highest BCUT2D eigenvalue weighted by molar-refractivity contribution is 5.82. The number of aliphatic hydroxyl groups is 1. The van der Waals surface area contributed by atoms with Gasteiger partial charge < -0.3 is 15.7 Å². The Morgan fingerprint density at radius 1 is 0.913 bits per heavy atom. The Labute approximate surface area is 136 Å². The van der Waals surface area contributed by atoms with Crippen LogP contribution < -0.4 is 10.6 Å². The summed E-state index contributed by atoms with van der Waals surface area (Å²) in [4.78, 5) is 12.5. The summed E-state index contributed by atoms with van der Waals surface area (Å²) in [7, 11) is 0. The number of amides is 1. The lowest BCUT2D eigenvalue weighted by Gasteiger charge is -2.21. The summed E-state index contributed by atoms with van der Waals surface area (Å²) in [5, 5.41) is 16.5. The van der Waals surface area contributed by atoms with Crippen molar-refractivity contribution in [2.24, 2.45) is 0 Å². The van der Waals surface area contributed by atoms with Crippen LogP contribution in [0.4, 0.5) is 0 Å². The van der Waals surface area contributed by atoms with Crippen molar-refractivity contribution in [2.45, 2.75) is 31.0 Å². The Morgan fingerprint density at radius 2 is 1.48 bits per heavy atom. The quantitative estimate of drug-likeness (QED) is 0.797. The second-order valence-electron chi connectivity index (χ2n) is 6.02. The SMILES string of the molecule is O=C1N[C@H](Cc2ccccc2)[C@H](O)CN[C@H]1Cc1ccccc1. The lowest BCUT2D eigenvalue weighted by atomic mass is 10.0. The van der Waals surface area contributed by atoms with Crippen LogP contribution in [0.3, 0.4) is 0 Å². The largest absolute Gasteiger partial charge is 0.390 e. The summed E-state index contributed by atoms with van der Waals surface area (Å²) in [5.41, 5.74) is 2.22. The summed E-state index contributed by atoms with van der Waals surface area (Å²) in [6.07, 6.45) is 0.658. The number of rotatable bonds is 4. The van der Waals surface area contributed by atoms with E-state index in [0.29, 0.717) is 19.4 Å². The number of carbonyl (C=O) groups is 1. The molecule has 0 unspecified atom stereocenters. The minimum atomic E-state index is -0.597. The van der Waals surface area contributed by atoms with Gasteiger partial charge in [0.15, 0.2) is 0 Å². The van der Waals surface area contributed by atoms with Gasteiger partial charge in [0.25, 0.3) is 0 Å². The number of β-amino-alcohol motifs (C(OH)–C–C–N with tert-alkyl or cyclic N) is 1. The van der Waals surface area contributed by atoms with Crippen molar-refractivity contribution >= 4 is 5.91 Å². The van der Waals surface area contributed by atoms with E-state index < -0.39 is 6.10 Å². The molecule has 1 saturated heterocycles. The van der Waals surface area contributed by atoms with Crippen molar-refractivity contribution in [2.75, 3.05) is 6.54 Å². The molecule has 0 saturated carbocycles. The Kier molecular flexibility index (Phi) is 5.05. The first-order valence-electron chi connectivity index (χ1n) is 8.02. The van der Waals surface area contributed by atoms with Gasteiger partial charge in [-0.05, 0) is 24.0 Å². The van der Waals surface area contributed by atoms with E-state index in [1.807, 2.05) is 60.7 Å². The lowest BCUT2D eigenvalue weighted by molar-refractivity contribution is -0.123. The molecule has 120 valence electrons. The van der Waals surface area contributed by atoms with Gasteiger partial charge in [0.05, 0.1) is 18.2 Å². The second-order valence-corrected chi connectivity index (χ2v) is 6.02. The van der Waals surface area contributed by atoms with Gasteiger partial charge in [-0.15, -0.1) is 0 Å². The van der Waals surface area contributed by atoms with Crippen LogP contribution in [0.1, 0.15) is 11.1 Å². The van der Waals surface area contributed by atoms with Crippen molar-refractivity contribution in [1.29, 1.82) is 0 Å². The van der Waals surface area contributed by atoms with E-state index in [1.165, 1.54) is 0 Å². The predicted octanol–water partition coefficient (Wildman–Crippen LogP) is 1.29. The third-order valence-corrected chi connectivity index (χ3v) is 4.26. The zero-order valence-electron chi connectivity index (χ0n) is 13.0. The van der Waals surface area contributed by atoms with Gasteiger partial charge in [-0.1, -0.05) is 60.7 Å². The third-order valence-electron chi connectivity index (χ3n) is 4.26. The molecule has 1 aliphatic heterocycles. The molecule has 0 radical (unpaired) electrons. The average molecular weight is 310 g/mol. The molecule has 0 spiro atoms. The Balaban J connectivity index is 1.66. The van der Waals surface area contributed by atoms with Crippen molar-refractivity contribution < 1.29 is 9.90 Å². The minimum absolute atomic E-state index is 0.0497. The summed E-state index contributed by atoms with van der Waals surface area (Å²) in [5.74, 6) is -0.0497. The maximum absolute atomic E-state index is 12.5. The van der Waals surface area contributed by atoms with Crippen molar-refractivity contribution in [3.63, 3.8) is 0 Å². The van der Waals surface area contributed by atoms with E-state index in [0.717, 1.165) is 11.1 Å². The first-order valence-corrected chi connectivity index (χ1v) is 8.02. The summed E-state index contributed by atoms with van der Waals surface area (Å²) in [6.45, 7) is 0.410. The van der Waals surface area contributed by atoms with Gasteiger partial charge in [0.2, 0.25) is 5.91 Å². The molecular formula is C19H22N2O2. The van der Waals surface area contributed by atoms with Gasteiger partial charge in [0.1, 0.15) is 0 Å². The van der Waals surface area contributed by atoms with E-state index in [-0.39, 0.29) is 18.0 Å². The van der Waals surface area contributed by atoms with Gasteiger partial charge in [-0.3, -0.25) is 4.79 Å². The molecule has 0 aromatic heterocycles. The molecule has 3 rings (SSSR count). The Bertz CT molecular complexity index is 630. The van der Waals surface area contributed by atoms with Crippen LogP contribution in [0.2, 0.25) is 0 Å². The van der Waals surface area contributed by atoms with Crippen LogP contribution in [0.5, 0.6) is 0 Å². The molecule has 3 atom stereocenters. The van der Waals surface area contributed by atoms with Gasteiger partial charge in [0, 0.05) is 6.54 Å². The standard InChI is InChI=1S/C19H22N2O2/c22-18-13-20-17(12-15-9-5-2-6-10-15)19(23)21-16(18)11-14-7-3-1-4-8-14/h1-10,16-18,20,22H,11-13H2,(H,21,23)/t16-,17+,18-/m1/s1. The molecule has 0 aliphatic carbocycles. The molecule has 0 bridgehead atoms. The smallest absolute Gasteiger partial charge is 0.237 e. The zero-order valence-corrected chi connectivity index (χ0v) is 13.0. The van der Waals surface area contributed by atoms with Crippen molar-refractivity contribution in [3.8, 4) is 0 Å². The number of carbonyl (C=O) groups excluding carboxylic acids is 1.